The van der Waals surface area contributed by atoms with Gasteiger partial charge in [0, 0.05) is 37.7 Å². The number of benzene rings is 2. The molecular weight excluding hydrogens is 344 g/mol. The van der Waals surface area contributed by atoms with Gasteiger partial charge >= 0.3 is 6.03 Å². The van der Waals surface area contributed by atoms with E-state index in [2.05, 4.69) is 5.32 Å². The number of carbonyl (C=O) groups is 2. The fourth-order valence-corrected chi connectivity index (χ4v) is 3.74. The van der Waals surface area contributed by atoms with E-state index in [-0.39, 0.29) is 11.8 Å². The number of nitrogens with zero attached hydrogens (tertiary/aromatic N) is 1. The molecule has 140 valence electrons. The van der Waals surface area contributed by atoms with Crippen LogP contribution in [-0.4, -0.2) is 42.5 Å². The zero-order valence-corrected chi connectivity index (χ0v) is 15.2. The van der Waals surface area contributed by atoms with Crippen molar-refractivity contribution >= 4 is 17.5 Å². The molecule has 1 spiro atoms. The van der Waals surface area contributed by atoms with Crippen LogP contribution in [0.1, 0.15) is 29.6 Å². The van der Waals surface area contributed by atoms with E-state index in [0.29, 0.717) is 55.1 Å². The van der Waals surface area contributed by atoms with Crippen LogP contribution in [0.15, 0.2) is 48.5 Å². The highest BCUT2D eigenvalue weighted by molar-refractivity contribution is 6.00. The Kier molecular flexibility index (Phi) is 4.48. The molecule has 0 bridgehead atoms. The molecule has 6 heteroatoms. The molecule has 0 aliphatic carbocycles. The summed E-state index contributed by atoms with van der Waals surface area (Å²) in [5, 5.41) is 2.90. The van der Waals surface area contributed by atoms with E-state index in [1.165, 1.54) is 0 Å². The number of rotatable bonds is 2. The van der Waals surface area contributed by atoms with Crippen LogP contribution in [0.25, 0.3) is 0 Å². The van der Waals surface area contributed by atoms with Gasteiger partial charge in [-0.05, 0) is 24.3 Å². The molecule has 2 heterocycles. The number of fused-ring (bicyclic) bond motifs is 1. The minimum absolute atomic E-state index is 0.117. The molecule has 2 aliphatic rings. The lowest BCUT2D eigenvalue weighted by Crippen LogP contribution is -2.53. The zero-order chi connectivity index (χ0) is 18.9. The van der Waals surface area contributed by atoms with E-state index in [9.17, 15) is 9.59 Å². The molecule has 27 heavy (non-hydrogen) atoms. The Hall–Kier alpha value is -3.02. The lowest BCUT2D eigenvalue weighted by molar-refractivity contribution is 0.000391. The van der Waals surface area contributed by atoms with Crippen LogP contribution in [0.4, 0.5) is 10.5 Å². The largest absolute Gasteiger partial charge is 0.497 e. The van der Waals surface area contributed by atoms with Crippen molar-refractivity contribution < 1.29 is 19.1 Å². The number of para-hydroxylation sites is 1. The predicted molar refractivity (Wildman–Crippen MR) is 102 cm³/mol. The molecule has 2 aromatic carbocycles. The van der Waals surface area contributed by atoms with Gasteiger partial charge in [0.25, 0.3) is 0 Å². The number of methoxy groups -OCH3 is 1. The Morgan fingerprint density at radius 1 is 1.15 bits per heavy atom. The Labute approximate surface area is 158 Å². The van der Waals surface area contributed by atoms with Crippen molar-refractivity contribution in [1.29, 1.82) is 0 Å². The number of likely N-dealkylation sites (tertiary alicyclic amines) is 1. The number of amides is 2. The summed E-state index contributed by atoms with van der Waals surface area (Å²) in [5.41, 5.74) is 0.844. The van der Waals surface area contributed by atoms with Crippen molar-refractivity contribution in [2.45, 2.75) is 24.9 Å². The van der Waals surface area contributed by atoms with Crippen LogP contribution in [0.2, 0.25) is 0 Å². The summed E-state index contributed by atoms with van der Waals surface area (Å²) in [4.78, 5) is 26.8. The van der Waals surface area contributed by atoms with E-state index >= 15 is 0 Å². The second kappa shape index (κ2) is 6.95. The number of hydrogen-bond acceptors (Lipinski definition) is 4. The minimum Gasteiger partial charge on any atom is -0.497 e. The van der Waals surface area contributed by atoms with Gasteiger partial charge in [0.1, 0.15) is 17.1 Å². The van der Waals surface area contributed by atoms with E-state index in [4.69, 9.17) is 9.47 Å². The molecule has 2 aliphatic heterocycles. The molecule has 0 atom stereocenters. The van der Waals surface area contributed by atoms with Crippen LogP contribution in [0.5, 0.6) is 11.5 Å². The molecule has 6 nitrogen and oxygen atoms in total. The first-order valence-electron chi connectivity index (χ1n) is 9.10. The SMILES string of the molecule is COc1cccc(NC(=O)N2CCC3(CC2)CC(=O)c2ccccc2O3)c1. The van der Waals surface area contributed by atoms with Crippen LogP contribution in [0, 0.1) is 0 Å². The Bertz CT molecular complexity index is 872. The first kappa shape index (κ1) is 17.4. The minimum atomic E-state index is -0.502. The number of Topliss-reactive ketones (excluding diaryl/α,β-unsaturated/α-hetero) is 1. The summed E-state index contributed by atoms with van der Waals surface area (Å²) < 4.78 is 11.4. The van der Waals surface area contributed by atoms with Crippen molar-refractivity contribution in [3.8, 4) is 11.5 Å². The summed E-state index contributed by atoms with van der Waals surface area (Å²) in [7, 11) is 1.59. The highest BCUT2D eigenvalue weighted by Gasteiger charge is 2.43. The number of nitrogens with one attached hydrogen (secondary N) is 1. The second-order valence-corrected chi connectivity index (χ2v) is 7.03. The number of ether oxygens (including phenoxy) is 2. The second-order valence-electron chi connectivity index (χ2n) is 7.03. The summed E-state index contributed by atoms with van der Waals surface area (Å²) in [5.74, 6) is 1.47. The summed E-state index contributed by atoms with van der Waals surface area (Å²) in [6.45, 7) is 1.09. The monoisotopic (exact) mass is 366 g/mol. The highest BCUT2D eigenvalue weighted by atomic mass is 16.5. The third-order valence-electron chi connectivity index (χ3n) is 5.28. The maximum absolute atomic E-state index is 12.6. The van der Waals surface area contributed by atoms with Crippen molar-refractivity contribution in [2.24, 2.45) is 0 Å². The van der Waals surface area contributed by atoms with Crippen LogP contribution in [0.3, 0.4) is 0 Å². The average molecular weight is 366 g/mol. The van der Waals surface area contributed by atoms with E-state index < -0.39 is 5.60 Å². The average Bonchev–Trinajstić information content (AvgIpc) is 2.68. The number of hydrogen-bond donors (Lipinski definition) is 1. The summed E-state index contributed by atoms with van der Waals surface area (Å²) in [6, 6.07) is 14.5. The van der Waals surface area contributed by atoms with Gasteiger partial charge in [0.05, 0.1) is 19.1 Å². The molecule has 2 aromatic rings. The fourth-order valence-electron chi connectivity index (χ4n) is 3.74. The first-order chi connectivity index (χ1) is 13.1. The van der Waals surface area contributed by atoms with Crippen molar-refractivity contribution in [3.05, 3.63) is 54.1 Å². The first-order valence-corrected chi connectivity index (χ1v) is 9.10. The molecule has 0 aromatic heterocycles. The predicted octanol–water partition coefficient (Wildman–Crippen LogP) is 3.73. The number of anilines is 1. The normalized spacial score (nSPS) is 17.8. The van der Waals surface area contributed by atoms with Crippen LogP contribution in [-0.2, 0) is 0 Å². The maximum atomic E-state index is 12.6. The number of piperidine rings is 1. The molecule has 0 saturated carbocycles. The van der Waals surface area contributed by atoms with Gasteiger partial charge in [-0.3, -0.25) is 4.79 Å². The topological polar surface area (TPSA) is 67.9 Å². The third-order valence-corrected chi connectivity index (χ3v) is 5.28. The highest BCUT2D eigenvalue weighted by Crippen LogP contribution is 2.39. The number of carbonyl (C=O) groups excluding carboxylic acids is 2. The van der Waals surface area contributed by atoms with Crippen molar-refractivity contribution in [2.75, 3.05) is 25.5 Å². The zero-order valence-electron chi connectivity index (χ0n) is 15.2. The van der Waals surface area contributed by atoms with Crippen LogP contribution >= 0.6 is 0 Å². The van der Waals surface area contributed by atoms with Gasteiger partial charge in [-0.15, -0.1) is 0 Å². The summed E-state index contributed by atoms with van der Waals surface area (Å²) >= 11 is 0. The molecule has 4 rings (SSSR count). The van der Waals surface area contributed by atoms with Gasteiger partial charge in [0.2, 0.25) is 0 Å². The molecule has 2 amide bonds. The lowest BCUT2D eigenvalue weighted by Gasteiger charge is -2.43. The van der Waals surface area contributed by atoms with Gasteiger partial charge in [-0.2, -0.15) is 0 Å². The standard InChI is InChI=1S/C21H22N2O4/c1-26-16-6-4-5-15(13-16)22-20(25)23-11-9-21(10-12-23)14-18(24)17-7-2-3-8-19(17)27-21/h2-8,13H,9-12,14H2,1H3,(H,22,25). The molecule has 0 unspecified atom stereocenters. The van der Waals surface area contributed by atoms with Gasteiger partial charge in [-0.1, -0.05) is 18.2 Å². The molecule has 1 saturated heterocycles. The third kappa shape index (κ3) is 3.47. The maximum Gasteiger partial charge on any atom is 0.321 e. The number of ketones is 1. The molecule has 1 fully saturated rings. The van der Waals surface area contributed by atoms with E-state index in [1.54, 1.807) is 24.1 Å². The van der Waals surface area contributed by atoms with Crippen molar-refractivity contribution in [3.63, 3.8) is 0 Å². The molecule has 0 radical (unpaired) electrons. The van der Waals surface area contributed by atoms with Gasteiger partial charge in [-0.25, -0.2) is 4.79 Å². The Morgan fingerprint density at radius 3 is 2.70 bits per heavy atom. The molecule has 1 N–H and O–H groups in total. The Balaban J connectivity index is 1.40. The quantitative estimate of drug-likeness (QED) is 0.879. The summed E-state index contributed by atoms with van der Waals surface area (Å²) in [6.07, 6.45) is 1.65. The van der Waals surface area contributed by atoms with Crippen LogP contribution < -0.4 is 14.8 Å². The van der Waals surface area contributed by atoms with Gasteiger partial charge < -0.3 is 19.7 Å². The van der Waals surface area contributed by atoms with Crippen molar-refractivity contribution in [1.82, 2.24) is 4.90 Å². The number of urea groups is 1. The van der Waals surface area contributed by atoms with Gasteiger partial charge in [0.15, 0.2) is 5.78 Å². The Morgan fingerprint density at radius 2 is 1.93 bits per heavy atom. The smallest absolute Gasteiger partial charge is 0.321 e. The fraction of sp³-hybridized carbons (Fsp3) is 0.333. The van der Waals surface area contributed by atoms with E-state index in [1.807, 2.05) is 36.4 Å². The van der Waals surface area contributed by atoms with E-state index in [0.717, 1.165) is 0 Å². The lowest BCUT2D eigenvalue weighted by atomic mass is 9.82. The molecular formula is C21H22N2O4.